The van der Waals surface area contributed by atoms with Crippen LogP contribution in [0.4, 0.5) is 9.18 Å². The van der Waals surface area contributed by atoms with Gasteiger partial charge in [-0.1, -0.05) is 12.1 Å². The number of sulfonamides is 1. The van der Waals surface area contributed by atoms with E-state index in [9.17, 15) is 22.4 Å². The summed E-state index contributed by atoms with van der Waals surface area (Å²) in [6.45, 7) is 0.0989. The summed E-state index contributed by atoms with van der Waals surface area (Å²) >= 11 is 0. The zero-order chi connectivity index (χ0) is 17.7. The number of amides is 3. The second kappa shape index (κ2) is 5.52. The van der Waals surface area contributed by atoms with Crippen LogP contribution in [0.5, 0.6) is 0 Å². The number of urea groups is 1. The molecule has 3 rings (SSSR count). The fourth-order valence-corrected chi connectivity index (χ4v) is 4.90. The van der Waals surface area contributed by atoms with E-state index < -0.39 is 27.4 Å². The largest absolute Gasteiger partial charge is 0.327 e. The van der Waals surface area contributed by atoms with Crippen molar-refractivity contribution < 1.29 is 22.4 Å². The van der Waals surface area contributed by atoms with E-state index in [1.807, 2.05) is 0 Å². The van der Waals surface area contributed by atoms with Crippen molar-refractivity contribution in [1.29, 1.82) is 0 Å². The van der Waals surface area contributed by atoms with Crippen LogP contribution in [0.2, 0.25) is 0 Å². The number of benzene rings is 1. The van der Waals surface area contributed by atoms with Crippen LogP contribution in [0.25, 0.3) is 0 Å². The van der Waals surface area contributed by atoms with Crippen LogP contribution < -0.4 is 0 Å². The van der Waals surface area contributed by atoms with E-state index in [-0.39, 0.29) is 36.7 Å². The first-order valence-corrected chi connectivity index (χ1v) is 8.96. The zero-order valence-electron chi connectivity index (χ0n) is 13.4. The summed E-state index contributed by atoms with van der Waals surface area (Å²) in [5.41, 5.74) is -1.01. The molecule has 0 radical (unpaired) electrons. The number of rotatable bonds is 2. The molecule has 0 bridgehead atoms. The van der Waals surface area contributed by atoms with Crippen LogP contribution in [0.3, 0.4) is 0 Å². The summed E-state index contributed by atoms with van der Waals surface area (Å²) in [6, 6.07) is 4.81. The fraction of sp³-hybridized carbons (Fsp3) is 0.467. The van der Waals surface area contributed by atoms with Gasteiger partial charge in [0.1, 0.15) is 16.3 Å². The third-order valence-corrected chi connectivity index (χ3v) is 6.85. The fourth-order valence-electron chi connectivity index (χ4n) is 3.39. The second-order valence-electron chi connectivity index (χ2n) is 6.07. The van der Waals surface area contributed by atoms with Gasteiger partial charge in [0.25, 0.3) is 5.91 Å². The highest BCUT2D eigenvalue weighted by Gasteiger charge is 2.56. The van der Waals surface area contributed by atoms with E-state index in [1.165, 1.54) is 34.5 Å². The standard InChI is InChI=1S/C15H18FN3O4S/c1-17-13(20)15(18(2)14(17)21)7-9-19(10-8-15)24(22,23)12-6-4-3-5-11(12)16/h3-6H,7-10H2,1-2H3. The molecule has 2 saturated heterocycles. The Morgan fingerprint density at radius 3 is 2.17 bits per heavy atom. The number of hydrogen-bond acceptors (Lipinski definition) is 4. The molecule has 2 aliphatic heterocycles. The maximum absolute atomic E-state index is 13.8. The Kier molecular flexibility index (Phi) is 3.88. The Morgan fingerprint density at radius 1 is 1.08 bits per heavy atom. The van der Waals surface area contributed by atoms with E-state index in [1.54, 1.807) is 7.05 Å². The van der Waals surface area contributed by atoms with Crippen molar-refractivity contribution in [1.82, 2.24) is 14.1 Å². The number of piperidine rings is 1. The quantitative estimate of drug-likeness (QED) is 0.738. The van der Waals surface area contributed by atoms with Gasteiger partial charge in [0.15, 0.2) is 0 Å². The molecule has 1 aromatic carbocycles. The zero-order valence-corrected chi connectivity index (χ0v) is 14.2. The summed E-state index contributed by atoms with van der Waals surface area (Å²) in [5, 5.41) is 0. The molecule has 7 nitrogen and oxygen atoms in total. The topological polar surface area (TPSA) is 78.0 Å². The Hall–Kier alpha value is -2.00. The first kappa shape index (κ1) is 16.8. The van der Waals surface area contributed by atoms with Crippen molar-refractivity contribution >= 4 is 22.0 Å². The number of halogens is 1. The predicted molar refractivity (Wildman–Crippen MR) is 83.1 cm³/mol. The summed E-state index contributed by atoms with van der Waals surface area (Å²) in [7, 11) is -1.01. The Labute approximate surface area is 139 Å². The summed E-state index contributed by atoms with van der Waals surface area (Å²) in [4.78, 5) is 26.5. The number of carbonyl (C=O) groups excluding carboxylic acids is 2. The average Bonchev–Trinajstić information content (AvgIpc) is 2.72. The molecule has 130 valence electrons. The van der Waals surface area contributed by atoms with Crippen LogP contribution in [-0.2, 0) is 14.8 Å². The lowest BCUT2D eigenvalue weighted by Crippen LogP contribution is -2.56. The number of imide groups is 1. The van der Waals surface area contributed by atoms with Gasteiger partial charge in [0.2, 0.25) is 10.0 Å². The Morgan fingerprint density at radius 2 is 1.67 bits per heavy atom. The molecule has 0 unspecified atom stereocenters. The predicted octanol–water partition coefficient (Wildman–Crippen LogP) is 0.873. The van der Waals surface area contributed by atoms with Crippen LogP contribution in [-0.4, -0.2) is 67.2 Å². The molecule has 9 heteroatoms. The highest BCUT2D eigenvalue weighted by atomic mass is 32.2. The maximum Gasteiger partial charge on any atom is 0.327 e. The highest BCUT2D eigenvalue weighted by Crippen LogP contribution is 2.37. The van der Waals surface area contributed by atoms with Crippen molar-refractivity contribution in [2.45, 2.75) is 23.3 Å². The smallest absolute Gasteiger partial charge is 0.312 e. The van der Waals surface area contributed by atoms with Gasteiger partial charge < -0.3 is 4.90 Å². The molecular weight excluding hydrogens is 337 g/mol. The van der Waals surface area contributed by atoms with Gasteiger partial charge in [-0.05, 0) is 25.0 Å². The number of carbonyl (C=O) groups is 2. The summed E-state index contributed by atoms with van der Waals surface area (Å²) in [5.74, 6) is -1.13. The van der Waals surface area contributed by atoms with Crippen molar-refractivity contribution in [3.8, 4) is 0 Å². The van der Waals surface area contributed by atoms with Crippen LogP contribution in [0.1, 0.15) is 12.8 Å². The monoisotopic (exact) mass is 355 g/mol. The SMILES string of the molecule is CN1C(=O)N(C)C2(CCN(S(=O)(=O)c3ccccc3F)CC2)C1=O. The highest BCUT2D eigenvalue weighted by molar-refractivity contribution is 7.89. The van der Waals surface area contributed by atoms with Gasteiger partial charge in [-0.25, -0.2) is 17.6 Å². The molecule has 0 atom stereocenters. The minimum atomic E-state index is -3.97. The Balaban J connectivity index is 1.85. The molecule has 0 N–H and O–H groups in total. The van der Waals surface area contributed by atoms with Crippen molar-refractivity contribution in [3.63, 3.8) is 0 Å². The third kappa shape index (κ3) is 2.22. The van der Waals surface area contributed by atoms with Gasteiger partial charge in [0.05, 0.1) is 0 Å². The molecule has 2 heterocycles. The van der Waals surface area contributed by atoms with Gasteiger partial charge in [-0.15, -0.1) is 0 Å². The molecule has 2 aliphatic rings. The minimum Gasteiger partial charge on any atom is -0.312 e. The summed E-state index contributed by atoms with van der Waals surface area (Å²) in [6.07, 6.45) is 0.373. The van der Waals surface area contributed by atoms with Crippen molar-refractivity contribution in [2.24, 2.45) is 0 Å². The summed E-state index contributed by atoms with van der Waals surface area (Å²) < 4.78 is 40.2. The molecule has 1 aromatic rings. The molecule has 0 aliphatic carbocycles. The van der Waals surface area contributed by atoms with E-state index in [0.717, 1.165) is 11.0 Å². The molecule has 24 heavy (non-hydrogen) atoms. The van der Waals surface area contributed by atoms with E-state index >= 15 is 0 Å². The minimum absolute atomic E-state index is 0.0495. The molecule has 0 aromatic heterocycles. The molecule has 3 amide bonds. The van der Waals surface area contributed by atoms with E-state index in [4.69, 9.17) is 0 Å². The van der Waals surface area contributed by atoms with Crippen LogP contribution in [0, 0.1) is 5.82 Å². The first-order chi connectivity index (χ1) is 11.2. The lowest BCUT2D eigenvalue weighted by atomic mass is 9.87. The van der Waals surface area contributed by atoms with E-state index in [0.29, 0.717) is 0 Å². The number of nitrogens with zero attached hydrogens (tertiary/aromatic N) is 3. The number of hydrogen-bond donors (Lipinski definition) is 0. The third-order valence-electron chi connectivity index (χ3n) is 4.92. The Bertz CT molecular complexity index is 803. The molecular formula is C15H18FN3O4S. The lowest BCUT2D eigenvalue weighted by Gasteiger charge is -2.40. The van der Waals surface area contributed by atoms with Gasteiger partial charge in [-0.2, -0.15) is 4.31 Å². The lowest BCUT2D eigenvalue weighted by molar-refractivity contribution is -0.133. The van der Waals surface area contributed by atoms with Gasteiger partial charge in [-0.3, -0.25) is 9.69 Å². The molecule has 1 spiro atoms. The van der Waals surface area contributed by atoms with E-state index in [2.05, 4.69) is 0 Å². The van der Waals surface area contributed by atoms with Crippen LogP contribution >= 0.6 is 0 Å². The van der Waals surface area contributed by atoms with Crippen molar-refractivity contribution in [3.05, 3.63) is 30.1 Å². The molecule has 0 saturated carbocycles. The average molecular weight is 355 g/mol. The van der Waals surface area contributed by atoms with Gasteiger partial charge in [0, 0.05) is 27.2 Å². The van der Waals surface area contributed by atoms with Crippen molar-refractivity contribution in [2.75, 3.05) is 27.2 Å². The normalized spacial score (nSPS) is 21.8. The second-order valence-corrected chi connectivity index (χ2v) is 7.98. The first-order valence-electron chi connectivity index (χ1n) is 7.52. The van der Waals surface area contributed by atoms with Gasteiger partial charge >= 0.3 is 6.03 Å². The molecule has 2 fully saturated rings. The maximum atomic E-state index is 13.8. The number of likely N-dealkylation sites (N-methyl/N-ethyl adjacent to an activating group) is 2. The van der Waals surface area contributed by atoms with Crippen LogP contribution in [0.15, 0.2) is 29.2 Å².